The number of methoxy groups -OCH3 is 1. The van der Waals surface area contributed by atoms with E-state index in [2.05, 4.69) is 4.90 Å². The fourth-order valence-electron chi connectivity index (χ4n) is 7.64. The number of aliphatic hydroxyl groups is 3. The molecule has 8 N–H and O–H groups in total. The lowest BCUT2D eigenvalue weighted by molar-refractivity contribution is -0.247. The minimum atomic E-state index is -2.24. The van der Waals surface area contributed by atoms with Crippen LogP contribution in [0, 0.1) is 0 Å². The van der Waals surface area contributed by atoms with Crippen molar-refractivity contribution in [1.82, 2.24) is 0 Å². The Morgan fingerprint density at radius 2 is 1.64 bits per heavy atom. The molecule has 3 aromatic rings. The van der Waals surface area contributed by atoms with Gasteiger partial charge < -0.3 is 55.5 Å². The lowest BCUT2D eigenvalue weighted by Gasteiger charge is -2.42. The Labute approximate surface area is 357 Å². The number of hydrogen-bond donors (Lipinski definition) is 7. The third-order valence-corrected chi connectivity index (χ3v) is 11.0. The van der Waals surface area contributed by atoms with Crippen LogP contribution in [0.2, 0.25) is 0 Å². The number of aromatic hydroxyl groups is 2. The number of carbonyl (C=O) groups is 4. The molecule has 0 radical (unpaired) electrons. The normalized spacial score (nSPS) is 23.1. The molecule has 2 aliphatic carbocycles. The van der Waals surface area contributed by atoms with Crippen LogP contribution >= 0.6 is 35.6 Å². The van der Waals surface area contributed by atoms with E-state index < -0.39 is 102 Å². The number of benzene rings is 3. The van der Waals surface area contributed by atoms with Gasteiger partial charge in [-0.05, 0) is 43.5 Å². The standard InChI is InChI=1S/C27H29NO11.C14H19Cl2NO2.ClH/c1-10-22(31)13(28)6-17(38-10)39-15-8-27(36,16(30)9-29)7-12-19(15)26(35)21-20(24(12)33)23(32)11-4-3-5-14(37-2)18(11)25(21)34;15-8-10-17(11-9-16)13-6-4-12(5-7-13)2-1-3-14(18)19;/h3-5,10,13,15,17,22,29,31,33,35-36H,6-9,28H2,1-2H3;4-7H,1-3,8-11H2,(H,18,19);1H/t10-,13-,15-,17-,22+,27-;;/m0../s1. The summed E-state index contributed by atoms with van der Waals surface area (Å²) in [6.45, 7) is 2.10. The molecular weight excluding hydrogens is 835 g/mol. The summed E-state index contributed by atoms with van der Waals surface area (Å²) >= 11 is 11.5. The number of phenols is 2. The van der Waals surface area contributed by atoms with Gasteiger partial charge in [-0.2, -0.15) is 0 Å². The Morgan fingerprint density at radius 1 is 1.00 bits per heavy atom. The number of aryl methyl sites for hydroxylation is 1. The zero-order valence-corrected chi connectivity index (χ0v) is 34.8. The molecule has 1 saturated heterocycles. The number of aliphatic carboxylic acids is 1. The largest absolute Gasteiger partial charge is 0.507 e. The summed E-state index contributed by atoms with van der Waals surface area (Å²) in [7, 11) is 1.32. The van der Waals surface area contributed by atoms with Gasteiger partial charge in [-0.1, -0.05) is 24.3 Å². The van der Waals surface area contributed by atoms with Crippen molar-refractivity contribution >= 4 is 64.6 Å². The van der Waals surface area contributed by atoms with E-state index in [0.717, 1.165) is 30.8 Å². The van der Waals surface area contributed by atoms with Crippen LogP contribution in [0.3, 0.4) is 0 Å². The molecule has 59 heavy (non-hydrogen) atoms. The van der Waals surface area contributed by atoms with Crippen LogP contribution in [-0.4, -0.2) is 123 Å². The molecular formula is C41H49Cl3N2O13. The molecule has 3 aromatic carbocycles. The van der Waals surface area contributed by atoms with E-state index in [1.165, 1.54) is 25.3 Å². The van der Waals surface area contributed by atoms with E-state index >= 15 is 0 Å². The first-order valence-electron chi connectivity index (χ1n) is 18.8. The summed E-state index contributed by atoms with van der Waals surface area (Å²) in [5, 5.41) is 62.3. The fourth-order valence-corrected chi connectivity index (χ4v) is 8.05. The number of ether oxygens (including phenoxy) is 3. The number of anilines is 1. The van der Waals surface area contributed by atoms with Crippen molar-refractivity contribution in [3.63, 3.8) is 0 Å². The number of carboxylic acids is 1. The van der Waals surface area contributed by atoms with Crippen molar-refractivity contribution in [1.29, 1.82) is 0 Å². The molecule has 322 valence electrons. The Bertz CT molecular complexity index is 2000. The van der Waals surface area contributed by atoms with Crippen molar-refractivity contribution < 1.29 is 64.0 Å². The highest BCUT2D eigenvalue weighted by atomic mass is 35.5. The van der Waals surface area contributed by atoms with Crippen LogP contribution in [0.25, 0.3) is 0 Å². The van der Waals surface area contributed by atoms with Gasteiger partial charge in [0.05, 0.1) is 42.1 Å². The molecule has 0 bridgehead atoms. The van der Waals surface area contributed by atoms with Gasteiger partial charge in [-0.3, -0.25) is 19.2 Å². The van der Waals surface area contributed by atoms with E-state index in [4.69, 9.17) is 48.3 Å². The number of Topliss-reactive ketones (excluding diaryl/α,β-unsaturated/α-hetero) is 1. The minimum absolute atomic E-state index is 0. The predicted molar refractivity (Wildman–Crippen MR) is 220 cm³/mol. The van der Waals surface area contributed by atoms with Gasteiger partial charge in [0.25, 0.3) is 0 Å². The van der Waals surface area contributed by atoms with E-state index in [1.807, 2.05) is 24.3 Å². The van der Waals surface area contributed by atoms with Gasteiger partial charge in [-0.25, -0.2) is 0 Å². The van der Waals surface area contributed by atoms with E-state index in [9.17, 15) is 44.7 Å². The second kappa shape index (κ2) is 20.5. The van der Waals surface area contributed by atoms with Crippen molar-refractivity contribution in [2.45, 2.75) is 81.7 Å². The summed E-state index contributed by atoms with van der Waals surface area (Å²) in [6, 6.07) is 11.8. The second-order valence-electron chi connectivity index (χ2n) is 14.4. The number of hydrogen-bond acceptors (Lipinski definition) is 14. The number of fused-ring (bicyclic) bond motifs is 3. The first-order valence-corrected chi connectivity index (χ1v) is 19.8. The third-order valence-electron chi connectivity index (χ3n) is 10.7. The number of aliphatic hydroxyl groups excluding tert-OH is 2. The van der Waals surface area contributed by atoms with Crippen LogP contribution in [0.4, 0.5) is 5.69 Å². The molecule has 0 aromatic heterocycles. The van der Waals surface area contributed by atoms with Gasteiger partial charge in [0.15, 0.2) is 17.9 Å². The maximum atomic E-state index is 13.6. The molecule has 1 aliphatic heterocycles. The first kappa shape index (κ1) is 47.6. The minimum Gasteiger partial charge on any atom is -0.507 e. The molecule has 0 unspecified atom stereocenters. The molecule has 0 spiro atoms. The Kier molecular flexibility index (Phi) is 16.5. The topological polar surface area (TPSA) is 247 Å². The number of nitrogens with two attached hydrogens (primary N) is 1. The molecule has 3 aliphatic rings. The number of carboxylic acid groups (broad SMARTS) is 1. The number of phenolic OH excluding ortho intramolecular Hbond substituents is 2. The van der Waals surface area contributed by atoms with Crippen LogP contribution in [0.15, 0.2) is 42.5 Å². The number of nitrogens with zero attached hydrogens (tertiary/aromatic N) is 1. The smallest absolute Gasteiger partial charge is 0.303 e. The van der Waals surface area contributed by atoms with Gasteiger partial charge in [0, 0.05) is 79.0 Å². The lowest BCUT2D eigenvalue weighted by atomic mass is 9.72. The molecule has 6 atom stereocenters. The summed E-state index contributed by atoms with van der Waals surface area (Å²) in [4.78, 5) is 52.3. The van der Waals surface area contributed by atoms with Crippen LogP contribution in [0.5, 0.6) is 17.2 Å². The monoisotopic (exact) mass is 882 g/mol. The average molecular weight is 884 g/mol. The maximum Gasteiger partial charge on any atom is 0.303 e. The highest BCUT2D eigenvalue weighted by Gasteiger charge is 2.50. The fraction of sp³-hybridized carbons (Fsp3) is 0.463. The first-order chi connectivity index (χ1) is 27.6. The number of carbonyl (C=O) groups excluding carboxylic acids is 3. The van der Waals surface area contributed by atoms with E-state index in [0.29, 0.717) is 18.2 Å². The highest BCUT2D eigenvalue weighted by molar-refractivity contribution is 6.31. The third kappa shape index (κ3) is 10.1. The molecule has 18 heteroatoms. The quantitative estimate of drug-likeness (QED) is 0.0704. The van der Waals surface area contributed by atoms with Crippen molar-refractivity contribution in [3.05, 3.63) is 81.4 Å². The molecule has 6 rings (SSSR count). The highest BCUT2D eigenvalue weighted by Crippen LogP contribution is 2.52. The molecule has 0 amide bonds. The van der Waals surface area contributed by atoms with Gasteiger partial charge >= 0.3 is 5.97 Å². The van der Waals surface area contributed by atoms with Gasteiger partial charge in [0.2, 0.25) is 5.78 Å². The number of rotatable bonds is 14. The Morgan fingerprint density at radius 3 is 2.22 bits per heavy atom. The maximum absolute atomic E-state index is 13.6. The van der Waals surface area contributed by atoms with Crippen LogP contribution in [-0.2, 0) is 31.9 Å². The zero-order valence-electron chi connectivity index (χ0n) is 32.4. The number of halogens is 3. The SMILES string of the molecule is COc1cccc2c1C(=O)c1c(O)c3c(c(O)c1C2=O)C[C@@](O)(C(=O)CO)C[C@@H]3O[C@H]1C[C@H](N)[C@H](O)[C@H](C)O1.Cl.O=C(O)CCCc1ccc(N(CCCl)CCCl)cc1. The zero-order chi connectivity index (χ0) is 42.5. The number of alkyl halides is 2. The molecule has 0 saturated carbocycles. The molecule has 1 fully saturated rings. The van der Waals surface area contributed by atoms with Crippen LogP contribution < -0.4 is 15.4 Å². The van der Waals surface area contributed by atoms with Crippen molar-refractivity contribution in [3.8, 4) is 17.2 Å². The Hall–Kier alpha value is -4.03. The lowest BCUT2D eigenvalue weighted by Crippen LogP contribution is -2.53. The summed E-state index contributed by atoms with van der Waals surface area (Å²) in [5.41, 5.74) is 4.63. The predicted octanol–water partition coefficient (Wildman–Crippen LogP) is 3.80. The van der Waals surface area contributed by atoms with E-state index in [1.54, 1.807) is 6.92 Å². The van der Waals surface area contributed by atoms with Gasteiger partial charge in [-0.15, -0.1) is 35.6 Å². The van der Waals surface area contributed by atoms with Gasteiger partial charge in [0.1, 0.15) is 29.5 Å². The number of ketones is 3. The Balaban J connectivity index is 0.000000325. The molecule has 1 heterocycles. The molecule has 15 nitrogen and oxygen atoms in total. The van der Waals surface area contributed by atoms with E-state index in [-0.39, 0.29) is 53.3 Å². The summed E-state index contributed by atoms with van der Waals surface area (Å²) in [5.74, 6) is -3.38. The second-order valence-corrected chi connectivity index (χ2v) is 15.2. The van der Waals surface area contributed by atoms with Crippen molar-refractivity contribution in [2.75, 3.05) is 43.5 Å². The average Bonchev–Trinajstić information content (AvgIpc) is 3.19. The van der Waals surface area contributed by atoms with Crippen molar-refractivity contribution in [2.24, 2.45) is 5.73 Å². The van der Waals surface area contributed by atoms with Crippen LogP contribution in [0.1, 0.15) is 87.2 Å². The summed E-state index contributed by atoms with van der Waals surface area (Å²) in [6.07, 6.45) is -3.45. The summed E-state index contributed by atoms with van der Waals surface area (Å²) < 4.78 is 17.0.